The molecule has 3 rings (SSSR count). The lowest BCUT2D eigenvalue weighted by Crippen LogP contribution is -2.31. The molecule has 0 bridgehead atoms. The van der Waals surface area contributed by atoms with Crippen LogP contribution in [0.3, 0.4) is 0 Å². The highest BCUT2D eigenvalue weighted by molar-refractivity contribution is 6.30. The summed E-state index contributed by atoms with van der Waals surface area (Å²) in [6.45, 7) is -0.425. The average Bonchev–Trinajstić information content (AvgIpc) is 3.14. The third-order valence-corrected chi connectivity index (χ3v) is 4.11. The fraction of sp³-hybridized carbons (Fsp3) is 0.211. The quantitative estimate of drug-likeness (QED) is 0.583. The van der Waals surface area contributed by atoms with Crippen LogP contribution in [0.2, 0.25) is 5.02 Å². The summed E-state index contributed by atoms with van der Waals surface area (Å²) in [6, 6.07) is 11.2. The first-order valence-corrected chi connectivity index (χ1v) is 8.73. The van der Waals surface area contributed by atoms with E-state index in [0.717, 1.165) is 12.1 Å². The van der Waals surface area contributed by atoms with Crippen molar-refractivity contribution >= 4 is 17.5 Å². The molecule has 0 saturated carbocycles. The summed E-state index contributed by atoms with van der Waals surface area (Å²) >= 11 is 5.93. The van der Waals surface area contributed by atoms with Crippen molar-refractivity contribution in [3.63, 3.8) is 0 Å². The normalized spacial score (nSPS) is 11.3. The highest BCUT2D eigenvalue weighted by Crippen LogP contribution is 2.31. The van der Waals surface area contributed by atoms with Gasteiger partial charge in [0.25, 0.3) is 5.91 Å². The Morgan fingerprint density at radius 1 is 1.21 bits per heavy atom. The number of carbonyl (C=O) groups excluding carboxylic acids is 1. The molecule has 6 nitrogen and oxygen atoms in total. The first kappa shape index (κ1) is 20.7. The van der Waals surface area contributed by atoms with Crippen LogP contribution in [-0.4, -0.2) is 34.6 Å². The lowest BCUT2D eigenvalue weighted by Gasteiger charge is -2.15. The van der Waals surface area contributed by atoms with Gasteiger partial charge in [-0.25, -0.2) is 0 Å². The maximum atomic E-state index is 12.7. The van der Waals surface area contributed by atoms with Crippen LogP contribution in [0.1, 0.15) is 11.5 Å². The third kappa shape index (κ3) is 5.47. The Morgan fingerprint density at radius 2 is 1.97 bits per heavy atom. The van der Waals surface area contributed by atoms with Crippen molar-refractivity contribution in [1.29, 1.82) is 0 Å². The van der Waals surface area contributed by atoms with E-state index in [-0.39, 0.29) is 18.2 Å². The van der Waals surface area contributed by atoms with Crippen LogP contribution in [0.25, 0.3) is 11.4 Å². The molecule has 1 aromatic heterocycles. The van der Waals surface area contributed by atoms with Crippen LogP contribution >= 0.6 is 11.6 Å². The number of ether oxygens (including phenoxy) is 1. The molecule has 0 saturated heterocycles. The zero-order chi connectivity index (χ0) is 21.0. The van der Waals surface area contributed by atoms with Crippen molar-refractivity contribution in [2.45, 2.75) is 12.7 Å². The van der Waals surface area contributed by atoms with E-state index in [0.29, 0.717) is 16.4 Å². The minimum Gasteiger partial charge on any atom is -0.484 e. The largest absolute Gasteiger partial charge is 0.484 e. The maximum absolute atomic E-state index is 12.7. The van der Waals surface area contributed by atoms with E-state index in [1.807, 2.05) is 0 Å². The Labute approximate surface area is 168 Å². The molecule has 152 valence electrons. The highest BCUT2D eigenvalue weighted by Gasteiger charge is 2.30. The zero-order valence-electron chi connectivity index (χ0n) is 15.1. The van der Waals surface area contributed by atoms with Crippen LogP contribution in [0, 0.1) is 0 Å². The molecule has 29 heavy (non-hydrogen) atoms. The Morgan fingerprint density at radius 3 is 2.69 bits per heavy atom. The maximum Gasteiger partial charge on any atom is 0.416 e. The second-order valence-corrected chi connectivity index (χ2v) is 6.52. The lowest BCUT2D eigenvalue weighted by molar-refractivity contribution is -0.137. The summed E-state index contributed by atoms with van der Waals surface area (Å²) < 4.78 is 48.5. The molecule has 3 aromatic rings. The van der Waals surface area contributed by atoms with Gasteiger partial charge in [0.05, 0.1) is 12.1 Å². The molecule has 0 atom stereocenters. The number of amides is 1. The molecule has 0 radical (unpaired) electrons. The van der Waals surface area contributed by atoms with Gasteiger partial charge in [-0.3, -0.25) is 4.79 Å². The standard InChI is InChI=1S/C19H15ClF3N3O3/c1-26(10-16-24-18(25-29-16)12-4-2-6-14(20)8-12)17(27)11-28-15-7-3-5-13(9-15)19(21,22)23/h2-9H,10-11H2,1H3. The molecule has 0 aliphatic carbocycles. The Balaban J connectivity index is 1.57. The van der Waals surface area contributed by atoms with E-state index in [9.17, 15) is 18.0 Å². The van der Waals surface area contributed by atoms with Crippen LogP contribution in [0.5, 0.6) is 5.75 Å². The zero-order valence-corrected chi connectivity index (χ0v) is 15.9. The molecule has 0 N–H and O–H groups in total. The van der Waals surface area contributed by atoms with Gasteiger partial charge in [0.15, 0.2) is 6.61 Å². The number of likely N-dealkylation sites (N-methyl/N-ethyl adjacent to an activating group) is 1. The van der Waals surface area contributed by atoms with Crippen molar-refractivity contribution in [3.05, 3.63) is 65.0 Å². The molecule has 1 heterocycles. The van der Waals surface area contributed by atoms with Crippen LogP contribution in [0.4, 0.5) is 13.2 Å². The van der Waals surface area contributed by atoms with Crippen molar-refractivity contribution < 1.29 is 27.2 Å². The minimum atomic E-state index is -4.49. The Hall–Kier alpha value is -3.07. The number of carbonyl (C=O) groups is 1. The SMILES string of the molecule is CN(Cc1nc(-c2cccc(Cl)c2)no1)C(=O)COc1cccc(C(F)(F)F)c1. The van der Waals surface area contributed by atoms with Gasteiger partial charge in [-0.1, -0.05) is 35.0 Å². The van der Waals surface area contributed by atoms with Crippen LogP contribution in [0.15, 0.2) is 53.1 Å². The van der Waals surface area contributed by atoms with E-state index in [1.165, 1.54) is 24.1 Å². The number of nitrogens with zero attached hydrogens (tertiary/aromatic N) is 3. The van der Waals surface area contributed by atoms with Crippen LogP contribution < -0.4 is 4.74 Å². The van der Waals surface area contributed by atoms with Gasteiger partial charge < -0.3 is 14.2 Å². The molecule has 0 unspecified atom stereocenters. The fourth-order valence-corrected chi connectivity index (χ4v) is 2.56. The first-order chi connectivity index (χ1) is 13.7. The van der Waals surface area contributed by atoms with Crippen molar-refractivity contribution in [2.24, 2.45) is 0 Å². The van der Waals surface area contributed by atoms with E-state index in [1.54, 1.807) is 24.3 Å². The average molecular weight is 426 g/mol. The van der Waals surface area contributed by atoms with Gasteiger partial charge in [-0.05, 0) is 30.3 Å². The molecule has 2 aromatic carbocycles. The van der Waals surface area contributed by atoms with Gasteiger partial charge in [0, 0.05) is 17.6 Å². The predicted octanol–water partition coefficient (Wildman–Crippen LogP) is 4.45. The van der Waals surface area contributed by atoms with Crippen LogP contribution in [-0.2, 0) is 17.5 Å². The number of rotatable bonds is 6. The smallest absolute Gasteiger partial charge is 0.416 e. The summed E-state index contributed by atoms with van der Waals surface area (Å²) in [5, 5.41) is 4.37. The Kier molecular flexibility index (Phi) is 6.07. The van der Waals surface area contributed by atoms with E-state index in [4.69, 9.17) is 20.9 Å². The van der Waals surface area contributed by atoms with E-state index >= 15 is 0 Å². The molecular formula is C19H15ClF3N3O3. The number of benzene rings is 2. The van der Waals surface area contributed by atoms with Crippen molar-refractivity contribution in [3.8, 4) is 17.1 Å². The predicted molar refractivity (Wildman–Crippen MR) is 98.2 cm³/mol. The molecule has 0 spiro atoms. The lowest BCUT2D eigenvalue weighted by atomic mass is 10.2. The molecule has 0 aliphatic rings. The summed E-state index contributed by atoms with van der Waals surface area (Å²) in [5.41, 5.74) is -0.190. The van der Waals surface area contributed by atoms with Crippen molar-refractivity contribution in [1.82, 2.24) is 15.0 Å². The van der Waals surface area contributed by atoms with Gasteiger partial charge in [0.1, 0.15) is 5.75 Å². The summed E-state index contributed by atoms with van der Waals surface area (Å²) in [5.74, 6) is -0.00835. The second kappa shape index (κ2) is 8.52. The molecular weight excluding hydrogens is 411 g/mol. The fourth-order valence-electron chi connectivity index (χ4n) is 2.37. The summed E-state index contributed by atoms with van der Waals surface area (Å²) in [4.78, 5) is 17.7. The summed E-state index contributed by atoms with van der Waals surface area (Å²) in [6.07, 6.45) is -4.49. The van der Waals surface area contributed by atoms with Crippen molar-refractivity contribution in [2.75, 3.05) is 13.7 Å². The molecule has 0 fully saturated rings. The number of halogens is 4. The van der Waals surface area contributed by atoms with E-state index in [2.05, 4.69) is 10.1 Å². The number of alkyl halides is 3. The number of hydrogen-bond donors (Lipinski definition) is 0. The Bertz CT molecular complexity index is 1010. The summed E-state index contributed by atoms with van der Waals surface area (Å²) in [7, 11) is 1.49. The minimum absolute atomic E-state index is 0.0123. The van der Waals surface area contributed by atoms with Gasteiger partial charge in [-0.15, -0.1) is 0 Å². The number of hydrogen-bond acceptors (Lipinski definition) is 5. The molecule has 1 amide bonds. The third-order valence-electron chi connectivity index (χ3n) is 3.87. The van der Waals surface area contributed by atoms with E-state index < -0.39 is 24.3 Å². The second-order valence-electron chi connectivity index (χ2n) is 6.09. The number of aromatic nitrogens is 2. The van der Waals surface area contributed by atoms with Gasteiger partial charge in [0.2, 0.25) is 11.7 Å². The molecule has 0 aliphatic heterocycles. The van der Waals surface area contributed by atoms with Gasteiger partial charge in [-0.2, -0.15) is 18.2 Å². The van der Waals surface area contributed by atoms with Gasteiger partial charge >= 0.3 is 6.18 Å². The first-order valence-electron chi connectivity index (χ1n) is 8.35. The highest BCUT2D eigenvalue weighted by atomic mass is 35.5. The topological polar surface area (TPSA) is 68.5 Å². The molecule has 10 heteroatoms. The monoisotopic (exact) mass is 425 g/mol.